The Hall–Kier alpha value is -2.10. The summed E-state index contributed by atoms with van der Waals surface area (Å²) in [6.45, 7) is 5.48. The van der Waals surface area contributed by atoms with E-state index >= 15 is 0 Å². The molecule has 0 saturated heterocycles. The molecule has 0 heterocycles. The van der Waals surface area contributed by atoms with Gasteiger partial charge < -0.3 is 10.4 Å². The second-order valence-corrected chi connectivity index (χ2v) is 4.82. The van der Waals surface area contributed by atoms with Crippen LogP contribution in [0.1, 0.15) is 25.0 Å². The van der Waals surface area contributed by atoms with E-state index in [1.54, 1.807) is 19.9 Å². The Kier molecular flexibility index (Phi) is 5.30. The average molecular weight is 261 g/mol. The molecule has 0 aromatic heterocycles. The molecule has 0 fully saturated rings. The number of benzene rings is 1. The van der Waals surface area contributed by atoms with E-state index in [4.69, 9.17) is 5.11 Å². The Bertz CT molecular complexity index is 492. The number of hydrogen-bond acceptors (Lipinski definition) is 2. The van der Waals surface area contributed by atoms with Crippen molar-refractivity contribution in [2.45, 2.75) is 26.8 Å². The molecule has 0 aliphatic carbocycles. The summed E-state index contributed by atoms with van der Waals surface area (Å²) in [6.07, 6.45) is 3.02. The third-order valence-corrected chi connectivity index (χ3v) is 2.70. The maximum Gasteiger partial charge on any atom is 0.326 e. The molecule has 2 N–H and O–H groups in total. The smallest absolute Gasteiger partial charge is 0.326 e. The van der Waals surface area contributed by atoms with Gasteiger partial charge in [0.15, 0.2) is 0 Å². The van der Waals surface area contributed by atoms with Crippen LogP contribution in [0.25, 0.3) is 6.08 Å². The molecule has 0 unspecified atom stereocenters. The van der Waals surface area contributed by atoms with Gasteiger partial charge in [0.25, 0.3) is 0 Å². The zero-order valence-corrected chi connectivity index (χ0v) is 11.4. The fourth-order valence-electron chi connectivity index (χ4n) is 1.66. The van der Waals surface area contributed by atoms with E-state index in [2.05, 4.69) is 5.32 Å². The van der Waals surface area contributed by atoms with Gasteiger partial charge >= 0.3 is 5.97 Å². The van der Waals surface area contributed by atoms with Crippen molar-refractivity contribution in [3.8, 4) is 0 Å². The van der Waals surface area contributed by atoms with Crippen molar-refractivity contribution in [1.29, 1.82) is 0 Å². The Labute approximate surface area is 113 Å². The van der Waals surface area contributed by atoms with Gasteiger partial charge in [0.1, 0.15) is 6.04 Å². The van der Waals surface area contributed by atoms with Crippen molar-refractivity contribution < 1.29 is 14.7 Å². The first-order chi connectivity index (χ1) is 8.90. The minimum Gasteiger partial charge on any atom is -0.480 e. The molecule has 0 aliphatic heterocycles. The number of carboxylic acid groups (broad SMARTS) is 1. The molecule has 1 amide bonds. The van der Waals surface area contributed by atoms with Crippen molar-refractivity contribution in [2.75, 3.05) is 0 Å². The summed E-state index contributed by atoms with van der Waals surface area (Å²) in [7, 11) is 0. The molecule has 4 nitrogen and oxygen atoms in total. The maximum atomic E-state index is 11.7. The first-order valence-corrected chi connectivity index (χ1v) is 6.18. The van der Waals surface area contributed by atoms with Crippen molar-refractivity contribution in [3.63, 3.8) is 0 Å². The fourth-order valence-corrected chi connectivity index (χ4v) is 1.66. The van der Waals surface area contributed by atoms with Crippen LogP contribution in [0.3, 0.4) is 0 Å². The van der Waals surface area contributed by atoms with Crippen LogP contribution in [-0.4, -0.2) is 23.0 Å². The van der Waals surface area contributed by atoms with E-state index in [0.717, 1.165) is 11.1 Å². The van der Waals surface area contributed by atoms with Crippen LogP contribution >= 0.6 is 0 Å². The largest absolute Gasteiger partial charge is 0.480 e. The molecule has 0 saturated carbocycles. The molecule has 4 heteroatoms. The molecular formula is C15H19NO3. The van der Waals surface area contributed by atoms with Gasteiger partial charge in [0.2, 0.25) is 5.91 Å². The fraction of sp³-hybridized carbons (Fsp3) is 0.333. The zero-order valence-electron chi connectivity index (χ0n) is 11.4. The third-order valence-electron chi connectivity index (χ3n) is 2.70. The van der Waals surface area contributed by atoms with E-state index in [1.165, 1.54) is 6.08 Å². The quantitative estimate of drug-likeness (QED) is 0.799. The van der Waals surface area contributed by atoms with E-state index < -0.39 is 17.9 Å². The van der Waals surface area contributed by atoms with Gasteiger partial charge in [-0.15, -0.1) is 0 Å². The van der Waals surface area contributed by atoms with E-state index in [-0.39, 0.29) is 5.92 Å². The minimum atomic E-state index is -1.02. The van der Waals surface area contributed by atoms with Crippen molar-refractivity contribution in [1.82, 2.24) is 5.32 Å². The van der Waals surface area contributed by atoms with E-state index in [9.17, 15) is 9.59 Å². The van der Waals surface area contributed by atoms with Gasteiger partial charge in [-0.2, -0.15) is 0 Å². The Morgan fingerprint density at radius 1 is 1.32 bits per heavy atom. The molecule has 0 radical (unpaired) electrons. The Morgan fingerprint density at radius 3 is 2.53 bits per heavy atom. The number of hydrogen-bond donors (Lipinski definition) is 2. The van der Waals surface area contributed by atoms with Crippen LogP contribution < -0.4 is 5.32 Å². The minimum absolute atomic E-state index is 0.159. The lowest BCUT2D eigenvalue weighted by Gasteiger charge is -2.16. The van der Waals surface area contributed by atoms with Crippen LogP contribution in [0.4, 0.5) is 0 Å². The van der Waals surface area contributed by atoms with Crippen molar-refractivity contribution in [2.24, 2.45) is 5.92 Å². The highest BCUT2D eigenvalue weighted by molar-refractivity contribution is 5.94. The Balaban J connectivity index is 2.67. The van der Waals surface area contributed by atoms with Crippen LogP contribution in [-0.2, 0) is 9.59 Å². The van der Waals surface area contributed by atoms with E-state index in [1.807, 2.05) is 31.2 Å². The molecule has 0 spiro atoms. The number of carbonyl (C=O) groups excluding carboxylic acids is 1. The van der Waals surface area contributed by atoms with Gasteiger partial charge in [-0.05, 0) is 24.5 Å². The van der Waals surface area contributed by atoms with Crippen LogP contribution in [0, 0.1) is 12.8 Å². The predicted molar refractivity (Wildman–Crippen MR) is 74.6 cm³/mol. The lowest BCUT2D eigenvalue weighted by Crippen LogP contribution is -2.43. The Morgan fingerprint density at radius 2 is 2.00 bits per heavy atom. The normalized spacial score (nSPS) is 12.6. The monoisotopic (exact) mass is 261 g/mol. The number of rotatable bonds is 5. The highest BCUT2D eigenvalue weighted by Crippen LogP contribution is 2.06. The number of carbonyl (C=O) groups is 2. The van der Waals surface area contributed by atoms with Crippen LogP contribution in [0.5, 0.6) is 0 Å². The molecule has 1 aromatic rings. The average Bonchev–Trinajstić information content (AvgIpc) is 2.32. The van der Waals surface area contributed by atoms with Crippen molar-refractivity contribution in [3.05, 3.63) is 41.5 Å². The lowest BCUT2D eigenvalue weighted by atomic mass is 10.0. The summed E-state index contributed by atoms with van der Waals surface area (Å²) in [5.41, 5.74) is 2.01. The second kappa shape index (κ2) is 6.73. The van der Waals surface area contributed by atoms with Crippen LogP contribution in [0.15, 0.2) is 30.3 Å². The lowest BCUT2D eigenvalue weighted by molar-refractivity contribution is -0.142. The number of amides is 1. The standard InChI is InChI=1S/C15H19NO3/c1-10(2)14(15(18)19)16-13(17)8-7-12-6-4-5-11(3)9-12/h4-10,14H,1-3H3,(H,16,17)(H,18,19)/b8-7+/t14-/m0/s1. The predicted octanol–water partition coefficient (Wildman–Crippen LogP) is 2.23. The molecule has 1 rings (SSSR count). The summed E-state index contributed by atoms with van der Waals surface area (Å²) in [5.74, 6) is -1.58. The molecule has 0 bridgehead atoms. The van der Waals surface area contributed by atoms with Gasteiger partial charge in [-0.3, -0.25) is 4.79 Å². The third kappa shape index (κ3) is 4.95. The summed E-state index contributed by atoms with van der Waals surface area (Å²) in [5, 5.41) is 11.5. The van der Waals surface area contributed by atoms with Gasteiger partial charge in [0, 0.05) is 6.08 Å². The zero-order chi connectivity index (χ0) is 14.4. The first kappa shape index (κ1) is 15.0. The van der Waals surface area contributed by atoms with Crippen LogP contribution in [0.2, 0.25) is 0 Å². The topological polar surface area (TPSA) is 66.4 Å². The number of nitrogens with one attached hydrogen (secondary N) is 1. The van der Waals surface area contributed by atoms with Gasteiger partial charge in [0.05, 0.1) is 0 Å². The first-order valence-electron chi connectivity index (χ1n) is 6.18. The molecule has 102 valence electrons. The number of carboxylic acids is 1. The molecule has 1 aromatic carbocycles. The highest BCUT2D eigenvalue weighted by atomic mass is 16.4. The molecule has 0 aliphatic rings. The van der Waals surface area contributed by atoms with Crippen molar-refractivity contribution >= 4 is 18.0 Å². The van der Waals surface area contributed by atoms with Gasteiger partial charge in [-0.25, -0.2) is 4.79 Å². The summed E-state index contributed by atoms with van der Waals surface area (Å²) >= 11 is 0. The molecule has 1 atom stereocenters. The number of aliphatic carboxylic acids is 1. The summed E-state index contributed by atoms with van der Waals surface area (Å²) in [6, 6.07) is 6.83. The van der Waals surface area contributed by atoms with E-state index in [0.29, 0.717) is 0 Å². The maximum absolute atomic E-state index is 11.7. The SMILES string of the molecule is Cc1cccc(/C=C/C(=O)N[C@H](C(=O)O)C(C)C)c1. The summed E-state index contributed by atoms with van der Waals surface area (Å²) < 4.78 is 0. The summed E-state index contributed by atoms with van der Waals surface area (Å²) in [4.78, 5) is 22.6. The molecular weight excluding hydrogens is 242 g/mol. The highest BCUT2D eigenvalue weighted by Gasteiger charge is 2.22. The number of aryl methyl sites for hydroxylation is 1. The van der Waals surface area contributed by atoms with Gasteiger partial charge in [-0.1, -0.05) is 43.7 Å². The second-order valence-electron chi connectivity index (χ2n) is 4.82. The molecule has 19 heavy (non-hydrogen) atoms.